The van der Waals surface area contributed by atoms with Crippen molar-refractivity contribution in [1.29, 1.82) is 0 Å². The zero-order valence-corrected chi connectivity index (χ0v) is 13.9. The monoisotopic (exact) mass is 330 g/mol. The summed E-state index contributed by atoms with van der Waals surface area (Å²) >= 11 is 6.05. The lowest BCUT2D eigenvalue weighted by atomic mass is 10.0. The molecule has 1 heterocycles. The van der Waals surface area contributed by atoms with Gasteiger partial charge in [-0.1, -0.05) is 29.8 Å². The molecule has 0 radical (unpaired) electrons. The van der Waals surface area contributed by atoms with Crippen molar-refractivity contribution < 1.29 is 9.53 Å². The van der Waals surface area contributed by atoms with Crippen molar-refractivity contribution in [2.45, 2.75) is 32.5 Å². The number of hydrogen-bond acceptors (Lipinski definition) is 3. The van der Waals surface area contributed by atoms with E-state index in [9.17, 15) is 4.79 Å². The number of rotatable bonds is 3. The van der Waals surface area contributed by atoms with Gasteiger partial charge in [-0.3, -0.25) is 4.79 Å². The number of nitrogens with zero attached hydrogens (tertiary/aromatic N) is 1. The number of nitrogens with two attached hydrogens (primary N) is 1. The third kappa shape index (κ3) is 3.19. The van der Waals surface area contributed by atoms with Crippen molar-refractivity contribution in [3.8, 4) is 5.75 Å². The Kier molecular flexibility index (Phi) is 4.28. The van der Waals surface area contributed by atoms with Gasteiger partial charge in [-0.15, -0.1) is 0 Å². The molecule has 0 saturated carbocycles. The summed E-state index contributed by atoms with van der Waals surface area (Å²) < 4.78 is 5.71. The summed E-state index contributed by atoms with van der Waals surface area (Å²) in [5.74, 6) is 0.628. The van der Waals surface area contributed by atoms with Gasteiger partial charge in [0, 0.05) is 11.1 Å². The summed E-state index contributed by atoms with van der Waals surface area (Å²) in [6.45, 7) is 4.12. The fraction of sp³-hybridized carbons (Fsp3) is 0.278. The van der Waals surface area contributed by atoms with E-state index in [0.717, 1.165) is 16.8 Å². The largest absolute Gasteiger partial charge is 0.479 e. The number of hydrogen-bond donors (Lipinski definition) is 1. The van der Waals surface area contributed by atoms with Crippen molar-refractivity contribution in [1.82, 2.24) is 0 Å². The van der Waals surface area contributed by atoms with E-state index in [4.69, 9.17) is 22.1 Å². The van der Waals surface area contributed by atoms with Crippen molar-refractivity contribution in [2.24, 2.45) is 5.73 Å². The van der Waals surface area contributed by atoms with Crippen LogP contribution in [0.4, 0.5) is 5.69 Å². The molecule has 5 heteroatoms. The summed E-state index contributed by atoms with van der Waals surface area (Å²) in [6.07, 6.45) is -0.511. The molecule has 2 unspecified atom stereocenters. The van der Waals surface area contributed by atoms with Gasteiger partial charge in [0.2, 0.25) is 0 Å². The molecule has 0 fully saturated rings. The first-order chi connectivity index (χ1) is 11.0. The lowest BCUT2D eigenvalue weighted by Crippen LogP contribution is -2.44. The SMILES string of the molecule is CC1Oc2ccc(C(C)N)cc2N(Cc2cccc(Cl)c2)C1=O. The molecular formula is C18H19ClN2O2. The van der Waals surface area contributed by atoms with Crippen LogP contribution in [0.2, 0.25) is 5.02 Å². The molecule has 0 spiro atoms. The van der Waals surface area contributed by atoms with Crippen molar-refractivity contribution in [3.63, 3.8) is 0 Å². The van der Waals surface area contributed by atoms with Gasteiger partial charge in [-0.05, 0) is 49.2 Å². The van der Waals surface area contributed by atoms with Crippen LogP contribution in [-0.4, -0.2) is 12.0 Å². The van der Waals surface area contributed by atoms with E-state index in [2.05, 4.69) is 0 Å². The Balaban J connectivity index is 2.01. The highest BCUT2D eigenvalue weighted by molar-refractivity contribution is 6.30. The highest BCUT2D eigenvalue weighted by Crippen LogP contribution is 2.37. The average molecular weight is 331 g/mol. The maximum Gasteiger partial charge on any atom is 0.268 e. The van der Waals surface area contributed by atoms with Crippen molar-refractivity contribution in [3.05, 3.63) is 58.6 Å². The molecule has 1 amide bonds. The molecule has 3 rings (SSSR count). The molecule has 0 saturated heterocycles. The number of benzene rings is 2. The highest BCUT2D eigenvalue weighted by Gasteiger charge is 2.31. The third-order valence-corrected chi connectivity index (χ3v) is 4.18. The first-order valence-electron chi connectivity index (χ1n) is 7.57. The van der Waals surface area contributed by atoms with E-state index in [-0.39, 0.29) is 11.9 Å². The number of carbonyl (C=O) groups excluding carboxylic acids is 1. The minimum absolute atomic E-state index is 0.0701. The number of carbonyl (C=O) groups is 1. The van der Waals surface area contributed by atoms with Gasteiger partial charge in [0.1, 0.15) is 5.75 Å². The van der Waals surface area contributed by atoms with Gasteiger partial charge in [0.25, 0.3) is 5.91 Å². The van der Waals surface area contributed by atoms with Gasteiger partial charge < -0.3 is 15.4 Å². The Morgan fingerprint density at radius 3 is 2.78 bits per heavy atom. The van der Waals surface area contributed by atoms with Gasteiger partial charge in [0.05, 0.1) is 12.2 Å². The smallest absolute Gasteiger partial charge is 0.268 e. The predicted molar refractivity (Wildman–Crippen MR) is 91.8 cm³/mol. The Morgan fingerprint density at radius 2 is 2.09 bits per heavy atom. The van der Waals surface area contributed by atoms with Gasteiger partial charge >= 0.3 is 0 Å². The fourth-order valence-corrected chi connectivity index (χ4v) is 2.90. The van der Waals surface area contributed by atoms with E-state index < -0.39 is 6.10 Å². The first kappa shape index (κ1) is 15.8. The van der Waals surface area contributed by atoms with Crippen LogP contribution in [0.3, 0.4) is 0 Å². The molecular weight excluding hydrogens is 312 g/mol. The lowest BCUT2D eigenvalue weighted by Gasteiger charge is -2.33. The molecule has 1 aliphatic rings. The summed E-state index contributed by atoms with van der Waals surface area (Å²) in [5, 5.41) is 0.654. The zero-order valence-electron chi connectivity index (χ0n) is 13.1. The van der Waals surface area contributed by atoms with Crippen molar-refractivity contribution >= 4 is 23.2 Å². The molecule has 120 valence electrons. The van der Waals surface area contributed by atoms with E-state index in [0.29, 0.717) is 17.3 Å². The topological polar surface area (TPSA) is 55.6 Å². The number of amides is 1. The normalized spacial score (nSPS) is 18.3. The Morgan fingerprint density at radius 1 is 1.30 bits per heavy atom. The standard InChI is InChI=1S/C18H19ClN2O2/c1-11(20)14-6-7-17-16(9-14)21(18(22)12(2)23-17)10-13-4-3-5-15(19)8-13/h3-9,11-12H,10,20H2,1-2H3. The number of ether oxygens (including phenoxy) is 1. The maximum atomic E-state index is 12.6. The molecule has 2 aromatic carbocycles. The summed E-state index contributed by atoms with van der Waals surface area (Å²) in [4.78, 5) is 14.3. The van der Waals surface area contributed by atoms with Crippen molar-refractivity contribution in [2.75, 3.05) is 4.90 Å². The number of halogens is 1. The quantitative estimate of drug-likeness (QED) is 0.934. The number of fused-ring (bicyclic) bond motifs is 1. The van der Waals surface area contributed by atoms with Gasteiger partial charge in [-0.2, -0.15) is 0 Å². The van der Waals surface area contributed by atoms with Crippen LogP contribution in [0.5, 0.6) is 5.75 Å². The molecule has 4 nitrogen and oxygen atoms in total. The third-order valence-electron chi connectivity index (χ3n) is 3.95. The molecule has 0 bridgehead atoms. The first-order valence-corrected chi connectivity index (χ1v) is 7.95. The van der Waals surface area contributed by atoms with E-state index in [1.165, 1.54) is 0 Å². The zero-order chi connectivity index (χ0) is 16.6. The maximum absolute atomic E-state index is 12.6. The van der Waals surface area contributed by atoms with Crippen LogP contribution >= 0.6 is 11.6 Å². The Hall–Kier alpha value is -2.04. The minimum Gasteiger partial charge on any atom is -0.479 e. The van der Waals surface area contributed by atoms with Gasteiger partial charge in [0.15, 0.2) is 6.10 Å². The summed E-state index contributed by atoms with van der Waals surface area (Å²) in [6, 6.07) is 13.1. The number of anilines is 1. The molecule has 2 atom stereocenters. The highest BCUT2D eigenvalue weighted by atomic mass is 35.5. The molecule has 0 aliphatic carbocycles. The fourth-order valence-electron chi connectivity index (χ4n) is 2.69. The minimum atomic E-state index is -0.511. The second-order valence-electron chi connectivity index (χ2n) is 5.83. The van der Waals surface area contributed by atoms with E-state index >= 15 is 0 Å². The summed E-state index contributed by atoms with van der Waals surface area (Å²) in [7, 11) is 0. The molecule has 23 heavy (non-hydrogen) atoms. The Labute approximate surface area is 140 Å². The van der Waals surface area contributed by atoms with Crippen LogP contribution in [0.1, 0.15) is 31.0 Å². The molecule has 1 aliphatic heterocycles. The molecule has 2 N–H and O–H groups in total. The van der Waals surface area contributed by atoms with Crippen LogP contribution in [0.25, 0.3) is 0 Å². The van der Waals surface area contributed by atoms with Crippen LogP contribution in [-0.2, 0) is 11.3 Å². The second kappa shape index (κ2) is 6.22. The van der Waals surface area contributed by atoms with Crippen LogP contribution in [0.15, 0.2) is 42.5 Å². The Bertz CT molecular complexity index is 746. The van der Waals surface area contributed by atoms with Gasteiger partial charge in [-0.25, -0.2) is 0 Å². The molecule has 2 aromatic rings. The van der Waals surface area contributed by atoms with E-state index in [1.54, 1.807) is 11.8 Å². The average Bonchev–Trinajstić information content (AvgIpc) is 2.51. The molecule has 0 aromatic heterocycles. The second-order valence-corrected chi connectivity index (χ2v) is 6.27. The lowest BCUT2D eigenvalue weighted by molar-refractivity contribution is -0.125. The predicted octanol–water partition coefficient (Wildman–Crippen LogP) is 3.67. The van der Waals surface area contributed by atoms with Crippen LogP contribution < -0.4 is 15.4 Å². The van der Waals surface area contributed by atoms with Crippen LogP contribution in [0, 0.1) is 0 Å². The summed E-state index contributed by atoms with van der Waals surface area (Å²) in [5.41, 5.74) is 8.65. The van der Waals surface area contributed by atoms with E-state index in [1.807, 2.05) is 49.4 Å².